The van der Waals surface area contributed by atoms with Gasteiger partial charge < -0.3 is 10.0 Å². The predicted octanol–water partition coefficient (Wildman–Crippen LogP) is 1.82. The number of amides is 1. The Morgan fingerprint density at radius 3 is 2.57 bits per heavy atom. The number of alkyl halides is 3. The van der Waals surface area contributed by atoms with Gasteiger partial charge in [-0.3, -0.25) is 14.9 Å². The fraction of sp³-hybridized carbons (Fsp3) is 0.417. The predicted molar refractivity (Wildman–Crippen MR) is 64.6 cm³/mol. The maximum Gasteiger partial charge on any atom is 0.416 e. The zero-order chi connectivity index (χ0) is 15.8. The van der Waals surface area contributed by atoms with Crippen molar-refractivity contribution in [2.45, 2.75) is 18.7 Å². The van der Waals surface area contributed by atoms with Crippen molar-refractivity contribution in [2.75, 3.05) is 13.1 Å². The monoisotopic (exact) mass is 304 g/mol. The largest absolute Gasteiger partial charge is 0.416 e. The zero-order valence-electron chi connectivity index (χ0n) is 10.6. The van der Waals surface area contributed by atoms with Crippen LogP contribution in [0.3, 0.4) is 0 Å². The van der Waals surface area contributed by atoms with E-state index in [1.54, 1.807) is 0 Å². The number of nitrogens with zero attached hydrogens (tertiary/aromatic N) is 2. The molecule has 0 aliphatic carbocycles. The Morgan fingerprint density at radius 1 is 1.43 bits per heavy atom. The Labute approximate surface area is 116 Å². The number of hydrogen-bond donors (Lipinski definition) is 1. The molecule has 1 amide bonds. The molecule has 9 heteroatoms. The van der Waals surface area contributed by atoms with Gasteiger partial charge in [-0.15, -0.1) is 0 Å². The Hall–Kier alpha value is -2.16. The van der Waals surface area contributed by atoms with Gasteiger partial charge in [-0.1, -0.05) is 0 Å². The van der Waals surface area contributed by atoms with Gasteiger partial charge in [0.05, 0.1) is 16.6 Å². The standard InChI is InChI=1S/C12H11F3N2O4/c13-12(14,15)7-1-2-9(10(5-7)17(20)21)11(19)16-4-3-8(18)6-16/h1-2,5,8,18H,3-4,6H2/t8-/m1/s1. The molecule has 1 atom stereocenters. The van der Waals surface area contributed by atoms with Crippen LogP contribution in [0, 0.1) is 10.1 Å². The molecule has 1 aliphatic rings. The average molecular weight is 304 g/mol. The van der Waals surface area contributed by atoms with Crippen molar-refractivity contribution in [2.24, 2.45) is 0 Å². The van der Waals surface area contributed by atoms with Gasteiger partial charge in [0.15, 0.2) is 0 Å². The van der Waals surface area contributed by atoms with E-state index >= 15 is 0 Å². The number of hydrogen-bond acceptors (Lipinski definition) is 4. The van der Waals surface area contributed by atoms with Crippen molar-refractivity contribution in [1.82, 2.24) is 4.90 Å². The normalized spacial score (nSPS) is 18.9. The van der Waals surface area contributed by atoms with E-state index in [0.717, 1.165) is 6.07 Å². The molecule has 0 bridgehead atoms. The molecule has 0 radical (unpaired) electrons. The fourth-order valence-corrected chi connectivity index (χ4v) is 2.14. The number of carbonyl (C=O) groups excluding carboxylic acids is 1. The van der Waals surface area contributed by atoms with Crippen molar-refractivity contribution >= 4 is 11.6 Å². The van der Waals surface area contributed by atoms with Gasteiger partial charge in [-0.25, -0.2) is 0 Å². The molecule has 1 fully saturated rings. The number of nitro groups is 1. The highest BCUT2D eigenvalue weighted by Crippen LogP contribution is 2.33. The second-order valence-corrected chi connectivity index (χ2v) is 4.68. The van der Waals surface area contributed by atoms with E-state index in [2.05, 4.69) is 0 Å². The number of nitro benzene ring substituents is 1. The summed E-state index contributed by atoms with van der Waals surface area (Å²) in [6.07, 6.45) is -5.11. The summed E-state index contributed by atoms with van der Waals surface area (Å²) in [6, 6.07) is 1.78. The van der Waals surface area contributed by atoms with Crippen LogP contribution in [0.5, 0.6) is 0 Å². The first-order chi connectivity index (χ1) is 9.70. The van der Waals surface area contributed by atoms with Gasteiger partial charge in [-0.2, -0.15) is 13.2 Å². The summed E-state index contributed by atoms with van der Waals surface area (Å²) in [5.74, 6) is -0.757. The van der Waals surface area contributed by atoms with E-state index in [4.69, 9.17) is 0 Å². The maximum absolute atomic E-state index is 12.6. The van der Waals surface area contributed by atoms with Crippen LogP contribution in [0.25, 0.3) is 0 Å². The molecular weight excluding hydrogens is 293 g/mol. The molecule has 114 valence electrons. The number of aliphatic hydroxyl groups excluding tert-OH is 1. The molecule has 1 heterocycles. The SMILES string of the molecule is O=C(c1ccc(C(F)(F)F)cc1[N+](=O)[O-])N1CC[C@@H](O)C1. The van der Waals surface area contributed by atoms with E-state index in [1.807, 2.05) is 0 Å². The molecule has 6 nitrogen and oxygen atoms in total. The number of β-amino-alcohol motifs (C(OH)–C–C–N with tert-alkyl or cyclic N) is 1. The molecule has 21 heavy (non-hydrogen) atoms. The molecule has 1 aromatic carbocycles. The van der Waals surface area contributed by atoms with Crippen LogP contribution >= 0.6 is 0 Å². The first kappa shape index (κ1) is 15.2. The molecule has 1 N–H and O–H groups in total. The molecule has 2 rings (SSSR count). The fourth-order valence-electron chi connectivity index (χ4n) is 2.14. The lowest BCUT2D eigenvalue weighted by atomic mass is 10.1. The van der Waals surface area contributed by atoms with Crippen LogP contribution in [-0.4, -0.2) is 40.0 Å². The summed E-state index contributed by atoms with van der Waals surface area (Å²) in [5.41, 5.74) is -2.49. The van der Waals surface area contributed by atoms with Crippen LogP contribution in [0.4, 0.5) is 18.9 Å². The smallest absolute Gasteiger partial charge is 0.391 e. The van der Waals surface area contributed by atoms with Crippen LogP contribution in [0.1, 0.15) is 22.3 Å². The molecular formula is C12H11F3N2O4. The Morgan fingerprint density at radius 2 is 2.10 bits per heavy atom. The van der Waals surface area contributed by atoms with Crippen molar-refractivity contribution < 1.29 is 28.0 Å². The summed E-state index contributed by atoms with van der Waals surface area (Å²) >= 11 is 0. The molecule has 0 aromatic heterocycles. The van der Waals surface area contributed by atoms with Crippen molar-refractivity contribution in [3.8, 4) is 0 Å². The van der Waals surface area contributed by atoms with Crippen LogP contribution in [0.15, 0.2) is 18.2 Å². The quantitative estimate of drug-likeness (QED) is 0.667. The number of halogens is 3. The minimum Gasteiger partial charge on any atom is -0.391 e. The minimum absolute atomic E-state index is 0.0109. The summed E-state index contributed by atoms with van der Waals surface area (Å²) < 4.78 is 37.7. The third-order valence-corrected chi connectivity index (χ3v) is 3.20. The summed E-state index contributed by atoms with van der Waals surface area (Å²) in [5, 5.41) is 20.3. The topological polar surface area (TPSA) is 83.7 Å². The second-order valence-electron chi connectivity index (χ2n) is 4.68. The first-order valence-corrected chi connectivity index (χ1v) is 6.03. The maximum atomic E-state index is 12.6. The van der Waals surface area contributed by atoms with E-state index in [1.165, 1.54) is 4.90 Å². The number of carbonyl (C=O) groups is 1. The van der Waals surface area contributed by atoms with Gasteiger partial charge in [0.25, 0.3) is 11.6 Å². The third-order valence-electron chi connectivity index (χ3n) is 3.20. The summed E-state index contributed by atoms with van der Waals surface area (Å²) in [7, 11) is 0. The summed E-state index contributed by atoms with van der Waals surface area (Å²) in [4.78, 5) is 23.2. The number of likely N-dealkylation sites (tertiary alicyclic amines) is 1. The van der Waals surface area contributed by atoms with Gasteiger partial charge in [0.2, 0.25) is 0 Å². The lowest BCUT2D eigenvalue weighted by molar-refractivity contribution is -0.385. The second kappa shape index (κ2) is 5.32. The van der Waals surface area contributed by atoms with E-state index in [9.17, 15) is 33.2 Å². The summed E-state index contributed by atoms with van der Waals surface area (Å²) in [6.45, 7) is 0.217. The molecule has 0 unspecified atom stereocenters. The Kier molecular flexibility index (Phi) is 3.86. The van der Waals surface area contributed by atoms with Crippen LogP contribution in [0.2, 0.25) is 0 Å². The third kappa shape index (κ3) is 3.13. The van der Waals surface area contributed by atoms with Crippen molar-refractivity contribution in [3.05, 3.63) is 39.4 Å². The molecule has 1 aromatic rings. The van der Waals surface area contributed by atoms with Gasteiger partial charge in [0, 0.05) is 19.2 Å². The minimum atomic E-state index is -4.73. The lowest BCUT2D eigenvalue weighted by Gasteiger charge is -2.16. The highest BCUT2D eigenvalue weighted by atomic mass is 19.4. The van der Waals surface area contributed by atoms with E-state index in [0.29, 0.717) is 18.6 Å². The zero-order valence-corrected chi connectivity index (χ0v) is 10.6. The van der Waals surface area contributed by atoms with E-state index < -0.39 is 39.9 Å². The van der Waals surface area contributed by atoms with Gasteiger partial charge in [-0.05, 0) is 18.6 Å². The lowest BCUT2D eigenvalue weighted by Crippen LogP contribution is -2.30. The average Bonchev–Trinajstić information content (AvgIpc) is 2.82. The van der Waals surface area contributed by atoms with Crippen LogP contribution < -0.4 is 0 Å². The molecule has 1 aliphatic heterocycles. The van der Waals surface area contributed by atoms with E-state index in [-0.39, 0.29) is 13.1 Å². The highest BCUT2D eigenvalue weighted by molar-refractivity contribution is 5.98. The number of aliphatic hydroxyl groups is 1. The molecule has 1 saturated heterocycles. The highest BCUT2D eigenvalue weighted by Gasteiger charge is 2.35. The van der Waals surface area contributed by atoms with Gasteiger partial charge in [0.1, 0.15) is 5.56 Å². The Bertz CT molecular complexity index is 588. The van der Waals surface area contributed by atoms with Crippen molar-refractivity contribution in [1.29, 1.82) is 0 Å². The van der Waals surface area contributed by atoms with Gasteiger partial charge >= 0.3 is 6.18 Å². The first-order valence-electron chi connectivity index (χ1n) is 6.03. The van der Waals surface area contributed by atoms with Crippen molar-refractivity contribution in [3.63, 3.8) is 0 Å². The molecule has 0 spiro atoms. The van der Waals surface area contributed by atoms with Crippen LogP contribution in [-0.2, 0) is 6.18 Å². The number of rotatable bonds is 2. The number of benzene rings is 1. The molecule has 0 saturated carbocycles. The Balaban J connectivity index is 2.39.